The summed E-state index contributed by atoms with van der Waals surface area (Å²) in [6.45, 7) is 5.04. The van der Waals surface area contributed by atoms with Gasteiger partial charge in [0.15, 0.2) is 6.10 Å². The number of nitrogens with zero attached hydrogens (tertiary/aromatic N) is 1. The molecule has 120 valence electrons. The van der Waals surface area contributed by atoms with Crippen molar-refractivity contribution >= 4 is 6.09 Å². The normalized spacial score (nSPS) is 22.4. The SMILES string of the molecule is CC(C)N1CC(COc2ccccc2C2CCCC2)OC1=O. The highest BCUT2D eigenvalue weighted by atomic mass is 16.6. The van der Waals surface area contributed by atoms with Crippen LogP contribution in [0.1, 0.15) is 51.0 Å². The molecule has 0 spiro atoms. The third-order valence-corrected chi connectivity index (χ3v) is 4.66. The van der Waals surface area contributed by atoms with E-state index >= 15 is 0 Å². The first kappa shape index (κ1) is 15.2. The van der Waals surface area contributed by atoms with Gasteiger partial charge in [-0.05, 0) is 44.2 Å². The Morgan fingerprint density at radius 3 is 2.68 bits per heavy atom. The fourth-order valence-corrected chi connectivity index (χ4v) is 3.42. The molecule has 2 aliphatic rings. The van der Waals surface area contributed by atoms with Crippen LogP contribution in [-0.4, -0.2) is 36.3 Å². The van der Waals surface area contributed by atoms with Crippen molar-refractivity contribution in [3.05, 3.63) is 29.8 Å². The van der Waals surface area contributed by atoms with Crippen LogP contribution in [0.3, 0.4) is 0 Å². The van der Waals surface area contributed by atoms with Gasteiger partial charge in [-0.2, -0.15) is 0 Å². The lowest BCUT2D eigenvalue weighted by Gasteiger charge is -2.18. The van der Waals surface area contributed by atoms with E-state index in [0.29, 0.717) is 19.1 Å². The third-order valence-electron chi connectivity index (χ3n) is 4.66. The molecule has 4 heteroatoms. The van der Waals surface area contributed by atoms with Gasteiger partial charge in [0.05, 0.1) is 6.54 Å². The smallest absolute Gasteiger partial charge is 0.410 e. The van der Waals surface area contributed by atoms with Crippen molar-refractivity contribution in [2.75, 3.05) is 13.2 Å². The summed E-state index contributed by atoms with van der Waals surface area (Å²) in [6.07, 6.45) is 4.71. The monoisotopic (exact) mass is 303 g/mol. The van der Waals surface area contributed by atoms with Crippen LogP contribution in [0, 0.1) is 0 Å². The summed E-state index contributed by atoms with van der Waals surface area (Å²) >= 11 is 0. The summed E-state index contributed by atoms with van der Waals surface area (Å²) in [4.78, 5) is 13.5. The fourth-order valence-electron chi connectivity index (χ4n) is 3.42. The van der Waals surface area contributed by atoms with Crippen molar-refractivity contribution in [2.45, 2.75) is 57.6 Å². The maximum atomic E-state index is 11.8. The molecule has 1 atom stereocenters. The highest BCUT2D eigenvalue weighted by molar-refractivity contribution is 5.70. The van der Waals surface area contributed by atoms with Crippen molar-refractivity contribution in [1.82, 2.24) is 4.90 Å². The van der Waals surface area contributed by atoms with Crippen molar-refractivity contribution in [3.63, 3.8) is 0 Å². The second kappa shape index (κ2) is 6.59. The lowest BCUT2D eigenvalue weighted by Crippen LogP contribution is -2.32. The molecule has 1 aromatic rings. The average molecular weight is 303 g/mol. The van der Waals surface area contributed by atoms with Crippen LogP contribution in [0.25, 0.3) is 0 Å². The highest BCUT2D eigenvalue weighted by Gasteiger charge is 2.33. The molecular formula is C18H25NO3. The van der Waals surface area contributed by atoms with Gasteiger partial charge in [0, 0.05) is 6.04 Å². The first-order valence-electron chi connectivity index (χ1n) is 8.34. The molecule has 0 N–H and O–H groups in total. The Morgan fingerprint density at radius 2 is 2.00 bits per heavy atom. The van der Waals surface area contributed by atoms with Gasteiger partial charge in [0.2, 0.25) is 0 Å². The number of cyclic esters (lactones) is 1. The second-order valence-electron chi connectivity index (χ2n) is 6.58. The molecule has 1 aliphatic heterocycles. The van der Waals surface area contributed by atoms with Crippen molar-refractivity contribution in [2.24, 2.45) is 0 Å². The first-order valence-corrected chi connectivity index (χ1v) is 8.34. The number of hydrogen-bond donors (Lipinski definition) is 0. The van der Waals surface area contributed by atoms with Crippen LogP contribution < -0.4 is 4.74 Å². The van der Waals surface area contributed by atoms with E-state index < -0.39 is 0 Å². The Bertz CT molecular complexity index is 523. The predicted octanol–water partition coefficient (Wildman–Crippen LogP) is 3.95. The molecule has 0 radical (unpaired) electrons. The van der Waals surface area contributed by atoms with Crippen LogP contribution in [0.4, 0.5) is 4.79 Å². The topological polar surface area (TPSA) is 38.8 Å². The molecule has 1 amide bonds. The Hall–Kier alpha value is -1.71. The molecule has 0 aromatic heterocycles. The summed E-state index contributed by atoms with van der Waals surface area (Å²) in [5.41, 5.74) is 1.31. The van der Waals surface area contributed by atoms with Gasteiger partial charge < -0.3 is 14.4 Å². The van der Waals surface area contributed by atoms with Crippen LogP contribution in [0.2, 0.25) is 0 Å². The van der Waals surface area contributed by atoms with Crippen molar-refractivity contribution in [3.8, 4) is 5.75 Å². The van der Waals surface area contributed by atoms with E-state index in [1.807, 2.05) is 26.0 Å². The maximum absolute atomic E-state index is 11.8. The molecular weight excluding hydrogens is 278 g/mol. The van der Waals surface area contributed by atoms with Gasteiger partial charge in [0.1, 0.15) is 12.4 Å². The predicted molar refractivity (Wildman–Crippen MR) is 85.3 cm³/mol. The molecule has 1 unspecified atom stereocenters. The first-order chi connectivity index (χ1) is 10.6. The van der Waals surface area contributed by atoms with Crippen LogP contribution >= 0.6 is 0 Å². The summed E-state index contributed by atoms with van der Waals surface area (Å²) in [7, 11) is 0. The lowest BCUT2D eigenvalue weighted by atomic mass is 9.97. The zero-order chi connectivity index (χ0) is 15.5. The van der Waals surface area contributed by atoms with E-state index in [1.54, 1.807) is 4.90 Å². The minimum Gasteiger partial charge on any atom is -0.489 e. The van der Waals surface area contributed by atoms with E-state index in [9.17, 15) is 4.79 Å². The fraction of sp³-hybridized carbons (Fsp3) is 0.611. The quantitative estimate of drug-likeness (QED) is 0.826. The highest BCUT2D eigenvalue weighted by Crippen LogP contribution is 2.38. The molecule has 2 fully saturated rings. The number of rotatable bonds is 5. The van der Waals surface area contributed by atoms with Gasteiger partial charge in [-0.25, -0.2) is 4.79 Å². The van der Waals surface area contributed by atoms with Gasteiger partial charge >= 0.3 is 6.09 Å². The number of benzene rings is 1. The molecule has 3 rings (SSSR count). The molecule has 0 bridgehead atoms. The van der Waals surface area contributed by atoms with Crippen molar-refractivity contribution < 1.29 is 14.3 Å². The lowest BCUT2D eigenvalue weighted by molar-refractivity contribution is 0.101. The molecule has 4 nitrogen and oxygen atoms in total. The van der Waals surface area contributed by atoms with Gasteiger partial charge in [-0.1, -0.05) is 31.0 Å². The number of para-hydroxylation sites is 1. The van der Waals surface area contributed by atoms with E-state index in [4.69, 9.17) is 9.47 Å². The van der Waals surface area contributed by atoms with Crippen LogP contribution in [0.15, 0.2) is 24.3 Å². The summed E-state index contributed by atoms with van der Waals surface area (Å²) in [5.74, 6) is 1.57. The molecule has 1 aromatic carbocycles. The zero-order valence-corrected chi connectivity index (χ0v) is 13.5. The minimum atomic E-state index is -0.229. The van der Waals surface area contributed by atoms with E-state index in [-0.39, 0.29) is 18.2 Å². The third kappa shape index (κ3) is 3.21. The number of amides is 1. The number of ether oxygens (including phenoxy) is 2. The Kier molecular flexibility index (Phi) is 4.55. The van der Waals surface area contributed by atoms with Crippen LogP contribution in [0.5, 0.6) is 5.75 Å². The Morgan fingerprint density at radius 1 is 1.27 bits per heavy atom. The van der Waals surface area contributed by atoms with Crippen LogP contribution in [-0.2, 0) is 4.74 Å². The van der Waals surface area contributed by atoms with Gasteiger partial charge in [0.25, 0.3) is 0 Å². The molecule has 1 heterocycles. The standard InChI is InChI=1S/C18H25NO3/c1-13(2)19-11-15(22-18(19)20)12-21-17-10-6-5-9-16(17)14-7-3-4-8-14/h5-6,9-10,13-15H,3-4,7-8,11-12H2,1-2H3. The van der Waals surface area contributed by atoms with E-state index in [0.717, 1.165) is 5.75 Å². The average Bonchev–Trinajstić information content (AvgIpc) is 3.15. The van der Waals surface area contributed by atoms with E-state index in [1.165, 1.54) is 31.2 Å². The second-order valence-corrected chi connectivity index (χ2v) is 6.58. The molecule has 1 saturated heterocycles. The van der Waals surface area contributed by atoms with Crippen molar-refractivity contribution in [1.29, 1.82) is 0 Å². The number of hydrogen-bond acceptors (Lipinski definition) is 3. The molecule has 1 aliphatic carbocycles. The Balaban J connectivity index is 1.61. The van der Waals surface area contributed by atoms with Gasteiger partial charge in [-0.3, -0.25) is 0 Å². The largest absolute Gasteiger partial charge is 0.489 e. The molecule has 22 heavy (non-hydrogen) atoms. The van der Waals surface area contributed by atoms with Gasteiger partial charge in [-0.15, -0.1) is 0 Å². The summed E-state index contributed by atoms with van der Waals surface area (Å²) in [5, 5.41) is 0. The summed E-state index contributed by atoms with van der Waals surface area (Å²) < 4.78 is 11.4. The molecule has 1 saturated carbocycles. The Labute approximate surface area is 132 Å². The minimum absolute atomic E-state index is 0.170. The zero-order valence-electron chi connectivity index (χ0n) is 13.5. The van der Waals surface area contributed by atoms with E-state index in [2.05, 4.69) is 12.1 Å². The summed E-state index contributed by atoms with van der Waals surface area (Å²) in [6, 6.07) is 8.46. The number of carbonyl (C=O) groups is 1. The maximum Gasteiger partial charge on any atom is 0.410 e. The number of carbonyl (C=O) groups excluding carboxylic acids is 1.